The lowest BCUT2D eigenvalue weighted by Crippen LogP contribution is -2.52. The molecule has 0 spiro atoms. The van der Waals surface area contributed by atoms with E-state index in [0.29, 0.717) is 32.4 Å². The number of para-hydroxylation sites is 1. The maximum Gasteiger partial charge on any atom is 0.242 e. The predicted octanol–water partition coefficient (Wildman–Crippen LogP) is 2.49. The molecule has 1 saturated heterocycles. The number of nitrogens with one attached hydrogen (secondary N) is 3. The lowest BCUT2D eigenvalue weighted by atomic mass is 10.0. The third-order valence-electron chi connectivity index (χ3n) is 6.83. The maximum absolute atomic E-state index is 13.0. The molecule has 1 aromatic carbocycles. The minimum atomic E-state index is -0.556. The standard InChI is InChI=1S/C27H41N5O3/c1-3-22(33)9-5-4-6-12-25(30-26(34)20-32-17-15-31(2)16-18-32)27(35)28-14-13-21-19-29-24-11-8-7-10-23(21)24/h7-8,10-11,19,25,29H,3-6,9,12-18,20H2,1-2H3,(H,28,35)(H,30,34). The van der Waals surface area contributed by atoms with Crippen LogP contribution >= 0.6 is 0 Å². The van der Waals surface area contributed by atoms with Crippen molar-refractivity contribution in [2.75, 3.05) is 46.3 Å². The first kappa shape index (κ1) is 26.9. The molecule has 0 saturated carbocycles. The number of benzene rings is 1. The van der Waals surface area contributed by atoms with E-state index in [-0.39, 0.29) is 17.6 Å². The molecule has 1 aromatic heterocycles. The van der Waals surface area contributed by atoms with Crippen LogP contribution in [0.2, 0.25) is 0 Å². The van der Waals surface area contributed by atoms with Crippen molar-refractivity contribution in [1.82, 2.24) is 25.4 Å². The van der Waals surface area contributed by atoms with Crippen molar-refractivity contribution in [3.63, 3.8) is 0 Å². The van der Waals surface area contributed by atoms with Crippen LogP contribution in [-0.4, -0.2) is 84.7 Å². The number of unbranched alkanes of at least 4 members (excludes halogenated alkanes) is 2. The number of carbonyl (C=O) groups is 3. The molecule has 192 valence electrons. The summed E-state index contributed by atoms with van der Waals surface area (Å²) in [6.07, 6.45) is 6.95. The molecule has 35 heavy (non-hydrogen) atoms. The van der Waals surface area contributed by atoms with E-state index in [4.69, 9.17) is 0 Å². The Balaban J connectivity index is 1.49. The number of aromatic nitrogens is 1. The van der Waals surface area contributed by atoms with Gasteiger partial charge in [0.25, 0.3) is 0 Å². The molecule has 1 atom stereocenters. The number of piperazine rings is 1. The molecule has 0 bridgehead atoms. The molecular formula is C27H41N5O3. The summed E-state index contributed by atoms with van der Waals surface area (Å²) in [5.74, 6) is 0.0331. The first-order valence-corrected chi connectivity index (χ1v) is 13.0. The van der Waals surface area contributed by atoms with Gasteiger partial charge in [-0.15, -0.1) is 0 Å². The quantitative estimate of drug-likeness (QED) is 0.359. The van der Waals surface area contributed by atoms with Crippen LogP contribution in [0, 0.1) is 0 Å². The van der Waals surface area contributed by atoms with Crippen molar-refractivity contribution in [3.05, 3.63) is 36.0 Å². The number of likely N-dealkylation sites (N-methyl/N-ethyl adjacent to an activating group) is 1. The van der Waals surface area contributed by atoms with Crippen LogP contribution in [0.15, 0.2) is 30.5 Å². The Hall–Kier alpha value is -2.71. The third-order valence-corrected chi connectivity index (χ3v) is 6.83. The topological polar surface area (TPSA) is 97.5 Å². The summed E-state index contributed by atoms with van der Waals surface area (Å²) in [5.41, 5.74) is 2.25. The maximum atomic E-state index is 13.0. The highest BCUT2D eigenvalue weighted by Crippen LogP contribution is 2.17. The summed E-state index contributed by atoms with van der Waals surface area (Å²) < 4.78 is 0. The van der Waals surface area contributed by atoms with Crippen LogP contribution in [0.3, 0.4) is 0 Å². The molecule has 3 N–H and O–H groups in total. The average molecular weight is 484 g/mol. The minimum Gasteiger partial charge on any atom is -0.361 e. The van der Waals surface area contributed by atoms with Crippen molar-refractivity contribution in [1.29, 1.82) is 0 Å². The fourth-order valence-corrected chi connectivity index (χ4v) is 4.52. The van der Waals surface area contributed by atoms with E-state index in [2.05, 4.69) is 38.5 Å². The van der Waals surface area contributed by atoms with Gasteiger partial charge in [0.15, 0.2) is 0 Å². The zero-order chi connectivity index (χ0) is 25.0. The normalized spacial score (nSPS) is 15.7. The van der Waals surface area contributed by atoms with E-state index in [9.17, 15) is 14.4 Å². The number of nitrogens with zero attached hydrogens (tertiary/aromatic N) is 2. The Bertz CT molecular complexity index is 965. The first-order valence-electron chi connectivity index (χ1n) is 13.0. The Morgan fingerprint density at radius 2 is 1.83 bits per heavy atom. The molecule has 1 aliphatic heterocycles. The lowest BCUT2D eigenvalue weighted by Gasteiger charge is -2.32. The zero-order valence-corrected chi connectivity index (χ0v) is 21.3. The molecule has 2 aromatic rings. The molecule has 1 aliphatic rings. The number of hydrogen-bond donors (Lipinski definition) is 3. The summed E-state index contributed by atoms with van der Waals surface area (Å²) in [6, 6.07) is 7.57. The van der Waals surface area contributed by atoms with Crippen LogP contribution in [0.25, 0.3) is 10.9 Å². The predicted molar refractivity (Wildman–Crippen MR) is 139 cm³/mol. The van der Waals surface area contributed by atoms with Gasteiger partial charge in [-0.2, -0.15) is 0 Å². The van der Waals surface area contributed by atoms with E-state index >= 15 is 0 Å². The van der Waals surface area contributed by atoms with Gasteiger partial charge in [0.2, 0.25) is 11.8 Å². The molecule has 3 rings (SSSR count). The second-order valence-corrected chi connectivity index (χ2v) is 9.59. The van der Waals surface area contributed by atoms with E-state index in [1.165, 1.54) is 5.39 Å². The van der Waals surface area contributed by atoms with Crippen molar-refractivity contribution >= 4 is 28.5 Å². The summed E-state index contributed by atoms with van der Waals surface area (Å²) in [6.45, 7) is 6.32. The fraction of sp³-hybridized carbons (Fsp3) is 0.593. The van der Waals surface area contributed by atoms with Crippen LogP contribution < -0.4 is 10.6 Å². The second-order valence-electron chi connectivity index (χ2n) is 9.59. The number of Topliss-reactive ketones (excluding diaryl/α,β-unsaturated/α-hetero) is 1. The van der Waals surface area contributed by atoms with Gasteiger partial charge < -0.3 is 20.5 Å². The summed E-state index contributed by atoms with van der Waals surface area (Å²) in [7, 11) is 2.09. The largest absolute Gasteiger partial charge is 0.361 e. The molecule has 8 heteroatoms. The highest BCUT2D eigenvalue weighted by molar-refractivity contribution is 5.88. The van der Waals surface area contributed by atoms with Gasteiger partial charge in [-0.1, -0.05) is 38.0 Å². The number of carbonyl (C=O) groups excluding carboxylic acids is 3. The molecule has 1 fully saturated rings. The van der Waals surface area contributed by atoms with Gasteiger partial charge in [-0.3, -0.25) is 19.3 Å². The number of amides is 2. The van der Waals surface area contributed by atoms with E-state index < -0.39 is 6.04 Å². The van der Waals surface area contributed by atoms with Gasteiger partial charge in [-0.25, -0.2) is 0 Å². The van der Waals surface area contributed by atoms with Crippen LogP contribution in [0.5, 0.6) is 0 Å². The molecule has 0 aliphatic carbocycles. The highest BCUT2D eigenvalue weighted by Gasteiger charge is 2.23. The van der Waals surface area contributed by atoms with Crippen molar-refractivity contribution in [2.24, 2.45) is 0 Å². The first-order chi connectivity index (χ1) is 17.0. The number of fused-ring (bicyclic) bond motifs is 1. The van der Waals surface area contributed by atoms with Crippen molar-refractivity contribution in [3.8, 4) is 0 Å². The average Bonchev–Trinajstić information content (AvgIpc) is 3.27. The lowest BCUT2D eigenvalue weighted by molar-refractivity contribution is -0.130. The van der Waals surface area contributed by atoms with Gasteiger partial charge in [0.05, 0.1) is 6.54 Å². The Morgan fingerprint density at radius 1 is 1.06 bits per heavy atom. The minimum absolute atomic E-state index is 0.104. The third kappa shape index (κ3) is 8.78. The number of ketones is 1. The molecular weight excluding hydrogens is 442 g/mol. The van der Waals surface area contributed by atoms with Gasteiger partial charge in [0.1, 0.15) is 11.8 Å². The summed E-state index contributed by atoms with van der Waals surface area (Å²) >= 11 is 0. The van der Waals surface area contributed by atoms with E-state index in [1.807, 2.05) is 31.3 Å². The fourth-order valence-electron chi connectivity index (χ4n) is 4.52. The number of hydrogen-bond acceptors (Lipinski definition) is 5. The Kier molecular flexibility index (Phi) is 10.8. The van der Waals surface area contributed by atoms with Gasteiger partial charge in [0, 0.05) is 62.7 Å². The number of H-pyrrole nitrogens is 1. The highest BCUT2D eigenvalue weighted by atomic mass is 16.2. The van der Waals surface area contributed by atoms with Crippen molar-refractivity contribution in [2.45, 2.75) is 57.9 Å². The van der Waals surface area contributed by atoms with E-state index in [1.54, 1.807) is 0 Å². The smallest absolute Gasteiger partial charge is 0.242 e. The molecule has 2 amide bonds. The van der Waals surface area contributed by atoms with Gasteiger partial charge >= 0.3 is 0 Å². The molecule has 1 unspecified atom stereocenters. The Labute approximate surface area is 208 Å². The molecule has 8 nitrogen and oxygen atoms in total. The van der Waals surface area contributed by atoms with Gasteiger partial charge in [-0.05, 0) is 37.9 Å². The number of rotatable bonds is 14. The summed E-state index contributed by atoms with van der Waals surface area (Å²) in [5, 5.41) is 7.17. The summed E-state index contributed by atoms with van der Waals surface area (Å²) in [4.78, 5) is 44.9. The zero-order valence-electron chi connectivity index (χ0n) is 21.3. The van der Waals surface area contributed by atoms with E-state index in [0.717, 1.165) is 62.9 Å². The Morgan fingerprint density at radius 3 is 2.60 bits per heavy atom. The molecule has 2 heterocycles. The SMILES string of the molecule is CCC(=O)CCCCCC(NC(=O)CN1CCN(C)CC1)C(=O)NCCc1c[nH]c2ccccc12. The molecule has 0 radical (unpaired) electrons. The monoisotopic (exact) mass is 483 g/mol. The number of aromatic amines is 1. The van der Waals surface area contributed by atoms with Crippen LogP contribution in [-0.2, 0) is 20.8 Å². The second kappa shape index (κ2) is 14.0. The van der Waals surface area contributed by atoms with Crippen molar-refractivity contribution < 1.29 is 14.4 Å². The van der Waals surface area contributed by atoms with Crippen LogP contribution in [0.1, 0.15) is 51.0 Å². The van der Waals surface area contributed by atoms with Crippen LogP contribution in [0.4, 0.5) is 0 Å².